The summed E-state index contributed by atoms with van der Waals surface area (Å²) in [5.74, 6) is -1.81. The Morgan fingerprint density at radius 1 is 1.23 bits per heavy atom. The molecule has 10 heteroatoms. The molecule has 0 unspecified atom stereocenters. The highest BCUT2D eigenvalue weighted by atomic mass is 79.9. The number of ether oxygens (including phenoxy) is 2. The number of carbonyl (C=O) groups excluding carboxylic acids is 1. The Morgan fingerprint density at radius 3 is 2.65 bits per heavy atom. The predicted octanol–water partition coefficient (Wildman–Crippen LogP) is 3.86. The molecule has 0 amide bonds. The lowest BCUT2D eigenvalue weighted by atomic mass is 10.1. The van der Waals surface area contributed by atoms with Gasteiger partial charge in [-0.15, -0.1) is 0 Å². The number of rotatable bonds is 7. The summed E-state index contributed by atoms with van der Waals surface area (Å²) in [4.78, 5) is 34.9. The predicted molar refractivity (Wildman–Crippen MR) is 111 cm³/mol. The van der Waals surface area contributed by atoms with E-state index < -0.39 is 23.2 Å². The number of carbonyl (C=O) groups is 1. The highest BCUT2D eigenvalue weighted by molar-refractivity contribution is 9.10. The molecule has 31 heavy (non-hydrogen) atoms. The van der Waals surface area contributed by atoms with Gasteiger partial charge in [0.2, 0.25) is 0 Å². The molecule has 0 bridgehead atoms. The molecule has 0 atom stereocenters. The van der Waals surface area contributed by atoms with E-state index in [0.717, 1.165) is 12.1 Å². The van der Waals surface area contributed by atoms with Gasteiger partial charge in [0.05, 0.1) is 18.5 Å². The van der Waals surface area contributed by atoms with Crippen molar-refractivity contribution < 1.29 is 23.0 Å². The molecule has 0 saturated carbocycles. The number of benzene rings is 1. The molecule has 1 N–H and O–H groups in total. The van der Waals surface area contributed by atoms with Gasteiger partial charge in [0.25, 0.3) is 5.56 Å². The van der Waals surface area contributed by atoms with Crippen LogP contribution in [-0.4, -0.2) is 27.5 Å². The second-order valence-electron chi connectivity index (χ2n) is 6.52. The fraction of sp³-hybridized carbons (Fsp3) is 0.238. The molecule has 0 aliphatic heterocycles. The highest BCUT2D eigenvalue weighted by Crippen LogP contribution is 2.30. The van der Waals surface area contributed by atoms with Gasteiger partial charge < -0.3 is 14.5 Å². The minimum Gasteiger partial charge on any atom is -0.487 e. The molecule has 162 valence electrons. The van der Waals surface area contributed by atoms with Gasteiger partial charge in [-0.3, -0.25) is 9.78 Å². The summed E-state index contributed by atoms with van der Waals surface area (Å²) >= 11 is 3.21. The number of nitrogens with zero attached hydrogens (tertiary/aromatic N) is 2. The summed E-state index contributed by atoms with van der Waals surface area (Å²) in [6.45, 7) is 3.39. The van der Waals surface area contributed by atoms with Crippen molar-refractivity contribution in [2.45, 2.75) is 26.9 Å². The van der Waals surface area contributed by atoms with Crippen molar-refractivity contribution in [3.05, 3.63) is 85.3 Å². The van der Waals surface area contributed by atoms with Crippen LogP contribution in [0.3, 0.4) is 0 Å². The maximum Gasteiger partial charge on any atom is 0.358 e. The number of H-pyrrole nitrogens is 1. The topological polar surface area (TPSA) is 94.2 Å². The molecule has 0 spiro atoms. The molecule has 2 heterocycles. The Balaban J connectivity index is 1.89. The molecule has 2 aromatic heterocycles. The minimum atomic E-state index is -0.750. The van der Waals surface area contributed by atoms with Crippen LogP contribution >= 0.6 is 15.9 Å². The minimum absolute atomic E-state index is 0.0771. The third-order valence-electron chi connectivity index (χ3n) is 4.36. The van der Waals surface area contributed by atoms with Gasteiger partial charge in [-0.25, -0.2) is 18.6 Å². The van der Waals surface area contributed by atoms with Crippen LogP contribution in [0.5, 0.6) is 5.75 Å². The molecule has 3 rings (SSSR count). The molecule has 0 aliphatic carbocycles. The number of nitrogens with one attached hydrogen (secondary N) is 1. The molecule has 0 fully saturated rings. The van der Waals surface area contributed by atoms with E-state index in [0.29, 0.717) is 17.0 Å². The van der Waals surface area contributed by atoms with Crippen LogP contribution < -0.4 is 10.3 Å². The van der Waals surface area contributed by atoms with Crippen LogP contribution in [0.25, 0.3) is 0 Å². The van der Waals surface area contributed by atoms with Gasteiger partial charge >= 0.3 is 5.97 Å². The second kappa shape index (κ2) is 9.78. The summed E-state index contributed by atoms with van der Waals surface area (Å²) < 4.78 is 37.9. The number of esters is 1. The highest BCUT2D eigenvalue weighted by Gasteiger charge is 2.18. The fourth-order valence-corrected chi connectivity index (χ4v) is 3.25. The summed E-state index contributed by atoms with van der Waals surface area (Å²) in [6, 6.07) is 3.16. The summed E-state index contributed by atoms with van der Waals surface area (Å²) in [7, 11) is 0. The maximum absolute atomic E-state index is 14.0. The molecule has 0 radical (unpaired) electrons. The molecular formula is C21H18BrF2N3O4. The quantitative estimate of drug-likeness (QED) is 0.502. The Labute approximate surface area is 184 Å². The average Bonchev–Trinajstić information content (AvgIpc) is 2.73. The normalized spacial score (nSPS) is 10.7. The van der Waals surface area contributed by atoms with E-state index in [1.165, 1.54) is 18.5 Å². The molecule has 0 aliphatic rings. The standard InChI is InChI=1S/C21H18BrF2N3O4/c1-3-30-21(29)17-9-25-14(8-26-17)7-15-11(2)27-20(28)18(22)19(15)31-10-12-4-5-13(23)6-16(12)24/h4-6,8-9H,3,7,10H2,1-2H3,(H,27,28). The van der Waals surface area contributed by atoms with Crippen LogP contribution in [0, 0.1) is 18.6 Å². The zero-order valence-electron chi connectivity index (χ0n) is 16.7. The Kier molecular flexibility index (Phi) is 7.11. The van der Waals surface area contributed by atoms with Crippen molar-refractivity contribution in [2.24, 2.45) is 0 Å². The second-order valence-corrected chi connectivity index (χ2v) is 7.31. The smallest absolute Gasteiger partial charge is 0.358 e. The van der Waals surface area contributed by atoms with E-state index in [1.54, 1.807) is 13.8 Å². The first-order valence-electron chi connectivity index (χ1n) is 9.26. The Morgan fingerprint density at radius 2 is 2.00 bits per heavy atom. The van der Waals surface area contributed by atoms with Crippen LogP contribution in [0.1, 0.15) is 39.9 Å². The lowest BCUT2D eigenvalue weighted by molar-refractivity contribution is 0.0519. The maximum atomic E-state index is 14.0. The summed E-state index contributed by atoms with van der Waals surface area (Å²) in [5.41, 5.74) is 1.42. The fourth-order valence-electron chi connectivity index (χ4n) is 2.80. The number of halogens is 3. The number of hydrogen-bond donors (Lipinski definition) is 1. The number of pyridine rings is 1. The lowest BCUT2D eigenvalue weighted by Gasteiger charge is -2.15. The largest absolute Gasteiger partial charge is 0.487 e. The molecule has 7 nitrogen and oxygen atoms in total. The molecule has 0 saturated heterocycles. The van der Waals surface area contributed by atoms with Crippen LogP contribution in [-0.2, 0) is 17.8 Å². The van der Waals surface area contributed by atoms with Gasteiger partial charge in [-0.05, 0) is 41.9 Å². The van der Waals surface area contributed by atoms with E-state index in [2.05, 4.69) is 30.9 Å². The average molecular weight is 494 g/mol. The lowest BCUT2D eigenvalue weighted by Crippen LogP contribution is -2.15. The Hall–Kier alpha value is -3.14. The third-order valence-corrected chi connectivity index (χ3v) is 5.08. The summed E-state index contributed by atoms with van der Waals surface area (Å²) in [5, 5.41) is 0. The van der Waals surface area contributed by atoms with Gasteiger partial charge in [-0.2, -0.15) is 0 Å². The molecule has 3 aromatic rings. The number of aromatic amines is 1. The van der Waals surface area contributed by atoms with Crippen molar-refractivity contribution >= 4 is 21.9 Å². The van der Waals surface area contributed by atoms with Gasteiger partial charge in [0.1, 0.15) is 28.5 Å². The van der Waals surface area contributed by atoms with Crippen molar-refractivity contribution in [1.82, 2.24) is 15.0 Å². The zero-order valence-corrected chi connectivity index (χ0v) is 18.3. The zero-order chi connectivity index (χ0) is 22.5. The number of aryl methyl sites for hydroxylation is 1. The van der Waals surface area contributed by atoms with Crippen molar-refractivity contribution in [3.8, 4) is 5.75 Å². The molecule has 1 aromatic carbocycles. The van der Waals surface area contributed by atoms with E-state index in [4.69, 9.17) is 9.47 Å². The van der Waals surface area contributed by atoms with Gasteiger partial charge in [-0.1, -0.05) is 0 Å². The first kappa shape index (κ1) is 22.5. The van der Waals surface area contributed by atoms with Gasteiger partial charge in [0, 0.05) is 35.5 Å². The SMILES string of the molecule is CCOC(=O)c1cnc(Cc2c(C)[nH]c(=O)c(Br)c2OCc2ccc(F)cc2F)cn1. The van der Waals surface area contributed by atoms with Crippen molar-refractivity contribution in [1.29, 1.82) is 0 Å². The van der Waals surface area contributed by atoms with Crippen molar-refractivity contribution in [2.75, 3.05) is 6.61 Å². The monoisotopic (exact) mass is 493 g/mol. The van der Waals surface area contributed by atoms with Crippen LogP contribution in [0.2, 0.25) is 0 Å². The van der Waals surface area contributed by atoms with E-state index in [9.17, 15) is 18.4 Å². The summed E-state index contributed by atoms with van der Waals surface area (Å²) in [6.07, 6.45) is 2.95. The van der Waals surface area contributed by atoms with E-state index >= 15 is 0 Å². The molecular weight excluding hydrogens is 476 g/mol. The first-order valence-corrected chi connectivity index (χ1v) is 10.1. The van der Waals surface area contributed by atoms with Gasteiger partial charge in [0.15, 0.2) is 5.69 Å². The first-order chi connectivity index (χ1) is 14.8. The number of hydrogen-bond acceptors (Lipinski definition) is 6. The Bertz CT molecular complexity index is 1170. The van der Waals surface area contributed by atoms with Crippen LogP contribution in [0.15, 0.2) is 39.9 Å². The van der Waals surface area contributed by atoms with Crippen LogP contribution in [0.4, 0.5) is 8.78 Å². The third kappa shape index (κ3) is 5.32. The number of aromatic nitrogens is 3. The van der Waals surface area contributed by atoms with E-state index in [1.807, 2.05) is 0 Å². The van der Waals surface area contributed by atoms with Crippen molar-refractivity contribution in [3.63, 3.8) is 0 Å². The van der Waals surface area contributed by atoms with E-state index in [-0.39, 0.29) is 41.1 Å².